The zero-order valence-corrected chi connectivity index (χ0v) is 8.99. The third kappa shape index (κ3) is 3.04. The van der Waals surface area contributed by atoms with E-state index in [4.69, 9.17) is 10.5 Å². The molecule has 0 bridgehead atoms. The zero-order valence-electron chi connectivity index (χ0n) is 8.99. The zero-order chi connectivity index (χ0) is 10.4. The van der Waals surface area contributed by atoms with E-state index in [1.165, 1.54) is 5.56 Å². The van der Waals surface area contributed by atoms with Crippen LogP contribution in [-0.2, 0) is 0 Å². The molecule has 0 aliphatic carbocycles. The van der Waals surface area contributed by atoms with Crippen LogP contribution in [0.25, 0.3) is 0 Å². The minimum atomic E-state index is 0.514. The SMILES string of the molecule is CCOc1cccc(C(C)CCN)c1. The summed E-state index contributed by atoms with van der Waals surface area (Å²) in [5.74, 6) is 1.47. The van der Waals surface area contributed by atoms with Crippen LogP contribution in [0.2, 0.25) is 0 Å². The second-order valence-electron chi connectivity index (χ2n) is 3.48. The highest BCUT2D eigenvalue weighted by atomic mass is 16.5. The fraction of sp³-hybridized carbons (Fsp3) is 0.500. The molecule has 0 heterocycles. The highest BCUT2D eigenvalue weighted by molar-refractivity contribution is 5.30. The number of rotatable bonds is 5. The molecular formula is C12H19NO. The van der Waals surface area contributed by atoms with Gasteiger partial charge in [-0.3, -0.25) is 0 Å². The van der Waals surface area contributed by atoms with Crippen molar-refractivity contribution in [3.8, 4) is 5.75 Å². The van der Waals surface area contributed by atoms with Crippen molar-refractivity contribution in [2.75, 3.05) is 13.2 Å². The van der Waals surface area contributed by atoms with E-state index >= 15 is 0 Å². The van der Waals surface area contributed by atoms with Gasteiger partial charge in [0.15, 0.2) is 0 Å². The number of benzene rings is 1. The molecule has 2 N–H and O–H groups in total. The van der Waals surface area contributed by atoms with E-state index in [-0.39, 0.29) is 0 Å². The van der Waals surface area contributed by atoms with Crippen molar-refractivity contribution >= 4 is 0 Å². The molecule has 78 valence electrons. The summed E-state index contributed by atoms with van der Waals surface area (Å²) in [5, 5.41) is 0. The van der Waals surface area contributed by atoms with Crippen molar-refractivity contribution in [1.29, 1.82) is 0 Å². The molecule has 2 nitrogen and oxygen atoms in total. The first-order valence-corrected chi connectivity index (χ1v) is 5.20. The molecule has 0 aliphatic rings. The monoisotopic (exact) mass is 193 g/mol. The maximum atomic E-state index is 5.53. The molecule has 2 heteroatoms. The molecule has 14 heavy (non-hydrogen) atoms. The summed E-state index contributed by atoms with van der Waals surface area (Å²) < 4.78 is 5.44. The van der Waals surface area contributed by atoms with Gasteiger partial charge in [0.2, 0.25) is 0 Å². The fourth-order valence-electron chi connectivity index (χ4n) is 1.49. The van der Waals surface area contributed by atoms with E-state index < -0.39 is 0 Å². The molecule has 0 amide bonds. The lowest BCUT2D eigenvalue weighted by Crippen LogP contribution is -2.04. The Labute approximate surface area is 86.1 Å². The molecule has 0 radical (unpaired) electrons. The van der Waals surface area contributed by atoms with Gasteiger partial charge in [0, 0.05) is 0 Å². The van der Waals surface area contributed by atoms with Crippen LogP contribution < -0.4 is 10.5 Å². The van der Waals surface area contributed by atoms with E-state index in [2.05, 4.69) is 19.1 Å². The summed E-state index contributed by atoms with van der Waals surface area (Å²) in [6.07, 6.45) is 1.02. The molecule has 0 saturated heterocycles. The van der Waals surface area contributed by atoms with Crippen molar-refractivity contribution in [2.45, 2.75) is 26.2 Å². The third-order valence-corrected chi connectivity index (χ3v) is 2.34. The van der Waals surface area contributed by atoms with Gasteiger partial charge in [-0.1, -0.05) is 19.1 Å². The first-order valence-electron chi connectivity index (χ1n) is 5.20. The van der Waals surface area contributed by atoms with E-state index in [9.17, 15) is 0 Å². The highest BCUT2D eigenvalue weighted by Crippen LogP contribution is 2.22. The Kier molecular flexibility index (Phi) is 4.47. The van der Waals surface area contributed by atoms with Gasteiger partial charge in [-0.25, -0.2) is 0 Å². The lowest BCUT2D eigenvalue weighted by molar-refractivity contribution is 0.339. The normalized spacial score (nSPS) is 12.5. The largest absolute Gasteiger partial charge is 0.494 e. The summed E-state index contributed by atoms with van der Waals surface area (Å²) in [5.41, 5.74) is 6.84. The van der Waals surface area contributed by atoms with Crippen LogP contribution in [0.15, 0.2) is 24.3 Å². The van der Waals surface area contributed by atoms with Crippen molar-refractivity contribution in [2.24, 2.45) is 5.73 Å². The topological polar surface area (TPSA) is 35.2 Å². The van der Waals surface area contributed by atoms with Crippen LogP contribution in [0.5, 0.6) is 5.75 Å². The maximum Gasteiger partial charge on any atom is 0.119 e. The van der Waals surface area contributed by atoms with Gasteiger partial charge >= 0.3 is 0 Å². The van der Waals surface area contributed by atoms with Gasteiger partial charge in [0.05, 0.1) is 6.61 Å². The van der Waals surface area contributed by atoms with Crippen molar-refractivity contribution in [1.82, 2.24) is 0 Å². The third-order valence-electron chi connectivity index (χ3n) is 2.34. The Morgan fingerprint density at radius 3 is 2.86 bits per heavy atom. The Bertz CT molecular complexity index is 273. The van der Waals surface area contributed by atoms with Gasteiger partial charge in [-0.05, 0) is 43.5 Å². The summed E-state index contributed by atoms with van der Waals surface area (Å²) in [6.45, 7) is 5.64. The van der Waals surface area contributed by atoms with E-state index in [1.54, 1.807) is 0 Å². The predicted molar refractivity (Wildman–Crippen MR) is 59.7 cm³/mol. The average molecular weight is 193 g/mol. The molecule has 0 saturated carbocycles. The molecule has 0 aromatic heterocycles. The highest BCUT2D eigenvalue weighted by Gasteiger charge is 2.04. The Balaban J connectivity index is 2.71. The van der Waals surface area contributed by atoms with E-state index in [1.807, 2.05) is 19.1 Å². The molecule has 1 unspecified atom stereocenters. The molecule has 0 aliphatic heterocycles. The quantitative estimate of drug-likeness (QED) is 0.780. The van der Waals surface area contributed by atoms with Crippen molar-refractivity contribution in [3.63, 3.8) is 0 Å². The predicted octanol–water partition coefficient (Wildman–Crippen LogP) is 2.54. The lowest BCUT2D eigenvalue weighted by Gasteiger charge is -2.12. The van der Waals surface area contributed by atoms with Gasteiger partial charge < -0.3 is 10.5 Å². The van der Waals surface area contributed by atoms with Crippen LogP contribution in [0.1, 0.15) is 31.7 Å². The number of hydrogen-bond acceptors (Lipinski definition) is 2. The number of hydrogen-bond donors (Lipinski definition) is 1. The van der Waals surface area contributed by atoms with E-state index in [0.717, 1.165) is 18.7 Å². The molecule has 1 aromatic rings. The van der Waals surface area contributed by atoms with Crippen molar-refractivity contribution < 1.29 is 4.74 Å². The lowest BCUT2D eigenvalue weighted by atomic mass is 9.98. The average Bonchev–Trinajstić information content (AvgIpc) is 2.19. The minimum Gasteiger partial charge on any atom is -0.494 e. The molecule has 0 fully saturated rings. The first-order chi connectivity index (χ1) is 6.77. The van der Waals surface area contributed by atoms with Crippen LogP contribution in [0.4, 0.5) is 0 Å². The van der Waals surface area contributed by atoms with Crippen molar-refractivity contribution in [3.05, 3.63) is 29.8 Å². The van der Waals surface area contributed by atoms with Crippen LogP contribution >= 0.6 is 0 Å². The molecule has 1 rings (SSSR count). The smallest absolute Gasteiger partial charge is 0.119 e. The summed E-state index contributed by atoms with van der Waals surface area (Å²) >= 11 is 0. The van der Waals surface area contributed by atoms with Gasteiger partial charge in [0.1, 0.15) is 5.75 Å². The van der Waals surface area contributed by atoms with Gasteiger partial charge in [-0.2, -0.15) is 0 Å². The summed E-state index contributed by atoms with van der Waals surface area (Å²) in [6, 6.07) is 8.25. The number of nitrogens with two attached hydrogens (primary N) is 1. The number of ether oxygens (including phenoxy) is 1. The fourth-order valence-corrected chi connectivity index (χ4v) is 1.49. The van der Waals surface area contributed by atoms with Crippen LogP contribution in [0, 0.1) is 0 Å². The van der Waals surface area contributed by atoms with Crippen LogP contribution in [-0.4, -0.2) is 13.2 Å². The Morgan fingerprint density at radius 1 is 1.43 bits per heavy atom. The first kappa shape index (κ1) is 11.1. The van der Waals surface area contributed by atoms with Gasteiger partial charge in [0.25, 0.3) is 0 Å². The molecular weight excluding hydrogens is 174 g/mol. The Morgan fingerprint density at radius 2 is 2.21 bits per heavy atom. The minimum absolute atomic E-state index is 0.514. The van der Waals surface area contributed by atoms with Gasteiger partial charge in [-0.15, -0.1) is 0 Å². The maximum absolute atomic E-state index is 5.53. The second kappa shape index (κ2) is 5.66. The Hall–Kier alpha value is -1.02. The summed E-state index contributed by atoms with van der Waals surface area (Å²) in [7, 11) is 0. The summed E-state index contributed by atoms with van der Waals surface area (Å²) in [4.78, 5) is 0. The molecule has 1 atom stereocenters. The second-order valence-corrected chi connectivity index (χ2v) is 3.48. The van der Waals surface area contributed by atoms with E-state index in [0.29, 0.717) is 12.5 Å². The molecule has 0 spiro atoms. The van der Waals surface area contributed by atoms with Crippen LogP contribution in [0.3, 0.4) is 0 Å². The standard InChI is InChI=1S/C12H19NO/c1-3-14-12-6-4-5-11(9-12)10(2)7-8-13/h4-6,9-10H,3,7-8,13H2,1-2H3. The molecule has 1 aromatic carbocycles.